The van der Waals surface area contributed by atoms with E-state index in [0.717, 1.165) is 44.2 Å². The molecule has 5 heteroatoms. The van der Waals surface area contributed by atoms with Crippen molar-refractivity contribution in [2.45, 2.75) is 19.9 Å². The topological polar surface area (TPSA) is 18.5 Å². The Labute approximate surface area is 154 Å². The van der Waals surface area contributed by atoms with Gasteiger partial charge in [-0.2, -0.15) is 25.3 Å². The Morgan fingerprint density at radius 2 is 1.57 bits per heavy atom. The molecule has 1 aromatic rings. The van der Waals surface area contributed by atoms with Crippen molar-refractivity contribution in [3.05, 3.63) is 35.9 Å². The lowest BCUT2D eigenvalue weighted by Gasteiger charge is -2.14. The highest BCUT2D eigenvalue weighted by Gasteiger charge is 1.96. The quantitative estimate of drug-likeness (QED) is 0.418. The molecule has 0 aromatic heterocycles. The summed E-state index contributed by atoms with van der Waals surface area (Å²) in [5, 5.41) is 3.28. The van der Waals surface area contributed by atoms with E-state index in [9.17, 15) is 0 Å². The van der Waals surface area contributed by atoms with Gasteiger partial charge in [0.15, 0.2) is 0 Å². The first-order valence-electron chi connectivity index (χ1n) is 8.47. The van der Waals surface area contributed by atoms with Crippen LogP contribution < -0.4 is 5.32 Å². The van der Waals surface area contributed by atoms with Crippen molar-refractivity contribution < 1.29 is 0 Å². The molecule has 0 spiro atoms. The van der Waals surface area contributed by atoms with Crippen LogP contribution in [-0.4, -0.2) is 68.1 Å². The second kappa shape index (κ2) is 16.7. The molecule has 0 bridgehead atoms. The Balaban J connectivity index is 0.000000423. The first kappa shape index (κ1) is 22.8. The van der Waals surface area contributed by atoms with Crippen LogP contribution in [0.15, 0.2) is 30.3 Å². The maximum absolute atomic E-state index is 4.15. The van der Waals surface area contributed by atoms with E-state index < -0.39 is 0 Å². The Hall–Kier alpha value is -0.200. The third kappa shape index (κ3) is 15.1. The molecular formula is C18H35N3S2. The van der Waals surface area contributed by atoms with E-state index >= 15 is 0 Å². The van der Waals surface area contributed by atoms with Gasteiger partial charge >= 0.3 is 0 Å². The van der Waals surface area contributed by atoms with Gasteiger partial charge in [-0.1, -0.05) is 37.3 Å². The van der Waals surface area contributed by atoms with Crippen molar-refractivity contribution in [1.82, 2.24) is 15.1 Å². The maximum atomic E-state index is 4.15. The maximum Gasteiger partial charge on any atom is 0.0230 e. The summed E-state index contributed by atoms with van der Waals surface area (Å²) in [6.07, 6.45) is 1.23. The minimum Gasteiger partial charge on any atom is -0.315 e. The molecule has 23 heavy (non-hydrogen) atoms. The lowest BCUT2D eigenvalue weighted by Crippen LogP contribution is -2.31. The summed E-state index contributed by atoms with van der Waals surface area (Å²) >= 11 is 8.25. The second-order valence-electron chi connectivity index (χ2n) is 5.72. The van der Waals surface area contributed by atoms with Crippen LogP contribution in [0.1, 0.15) is 18.9 Å². The molecule has 0 radical (unpaired) electrons. The van der Waals surface area contributed by atoms with Crippen LogP contribution in [0.5, 0.6) is 0 Å². The van der Waals surface area contributed by atoms with Gasteiger partial charge in [-0.25, -0.2) is 0 Å². The largest absolute Gasteiger partial charge is 0.315 e. The van der Waals surface area contributed by atoms with Crippen LogP contribution >= 0.6 is 25.3 Å². The molecule has 134 valence electrons. The summed E-state index contributed by atoms with van der Waals surface area (Å²) < 4.78 is 0. The smallest absolute Gasteiger partial charge is 0.0230 e. The van der Waals surface area contributed by atoms with Crippen molar-refractivity contribution in [1.29, 1.82) is 0 Å². The summed E-state index contributed by atoms with van der Waals surface area (Å²) in [7, 11) is 4.27. The highest BCUT2D eigenvalue weighted by molar-refractivity contribution is 7.80. The number of nitrogens with zero attached hydrogens (tertiary/aromatic N) is 2. The molecule has 0 atom stereocenters. The molecule has 0 saturated heterocycles. The second-order valence-corrected chi connectivity index (χ2v) is 6.62. The van der Waals surface area contributed by atoms with Crippen LogP contribution in [0, 0.1) is 0 Å². The van der Waals surface area contributed by atoms with Gasteiger partial charge in [-0.15, -0.1) is 0 Å². The van der Waals surface area contributed by atoms with E-state index in [1.165, 1.54) is 18.5 Å². The first-order valence-corrected chi connectivity index (χ1v) is 9.74. The average molecular weight is 358 g/mol. The van der Waals surface area contributed by atoms with Crippen LogP contribution in [0.25, 0.3) is 0 Å². The molecule has 0 aliphatic heterocycles. The number of hydrogen-bond acceptors (Lipinski definition) is 5. The highest BCUT2D eigenvalue weighted by Crippen LogP contribution is 2.02. The number of thiol groups is 2. The molecule has 0 saturated carbocycles. The van der Waals surface area contributed by atoms with Crippen molar-refractivity contribution in [2.75, 3.05) is 58.3 Å². The Kier molecular flexibility index (Phi) is 16.5. The van der Waals surface area contributed by atoms with Gasteiger partial charge in [-0.3, -0.25) is 0 Å². The zero-order valence-electron chi connectivity index (χ0n) is 15.0. The van der Waals surface area contributed by atoms with Crippen molar-refractivity contribution in [3.8, 4) is 0 Å². The first-order chi connectivity index (χ1) is 11.1. The Morgan fingerprint density at radius 1 is 0.870 bits per heavy atom. The molecule has 1 N–H and O–H groups in total. The number of benzene rings is 1. The SMILES string of the molecule is CCCN(C)Cc1ccccc1.CN(CCS)CCNCCS. The number of rotatable bonds is 11. The molecule has 0 amide bonds. The summed E-state index contributed by atoms with van der Waals surface area (Å²) in [4.78, 5) is 4.61. The number of nitrogens with one attached hydrogen (secondary N) is 1. The van der Waals surface area contributed by atoms with E-state index in [1.807, 2.05) is 0 Å². The van der Waals surface area contributed by atoms with E-state index in [2.05, 4.69) is 91.7 Å². The minimum atomic E-state index is 0.913. The monoisotopic (exact) mass is 357 g/mol. The highest BCUT2D eigenvalue weighted by atomic mass is 32.1. The predicted octanol–water partition coefficient (Wildman–Crippen LogP) is 2.90. The van der Waals surface area contributed by atoms with Crippen molar-refractivity contribution in [2.24, 2.45) is 0 Å². The fourth-order valence-corrected chi connectivity index (χ4v) is 2.61. The van der Waals surface area contributed by atoms with Gasteiger partial charge in [0.25, 0.3) is 0 Å². The van der Waals surface area contributed by atoms with Crippen molar-refractivity contribution in [3.63, 3.8) is 0 Å². The van der Waals surface area contributed by atoms with Gasteiger partial charge in [0.05, 0.1) is 0 Å². The molecule has 0 aliphatic rings. The van der Waals surface area contributed by atoms with E-state index in [-0.39, 0.29) is 0 Å². The zero-order chi connectivity index (χ0) is 17.3. The fourth-order valence-electron chi connectivity index (χ4n) is 2.11. The van der Waals surface area contributed by atoms with Gasteiger partial charge in [0.1, 0.15) is 0 Å². The van der Waals surface area contributed by atoms with E-state index in [0.29, 0.717) is 0 Å². The molecule has 0 fully saturated rings. The standard InChI is InChI=1S/C11H17N.C7H18N2S2/c1-3-9-12(2)10-11-7-5-4-6-8-11;1-9(5-7-11)4-2-8-3-6-10/h4-8H,3,9-10H2,1-2H3;8,10-11H,2-7H2,1H3. The molecule has 0 aliphatic carbocycles. The predicted molar refractivity (Wildman–Crippen MR) is 111 cm³/mol. The molecule has 1 rings (SSSR count). The van der Waals surface area contributed by atoms with Gasteiger partial charge < -0.3 is 15.1 Å². The van der Waals surface area contributed by atoms with Gasteiger partial charge in [0, 0.05) is 44.2 Å². The summed E-state index contributed by atoms with van der Waals surface area (Å²) in [5.41, 5.74) is 1.40. The summed E-state index contributed by atoms with van der Waals surface area (Å²) in [5.74, 6) is 1.85. The Bertz CT molecular complexity index is 349. The molecule has 1 aromatic carbocycles. The van der Waals surface area contributed by atoms with Crippen molar-refractivity contribution >= 4 is 25.3 Å². The third-order valence-corrected chi connectivity index (χ3v) is 3.76. The average Bonchev–Trinajstić information content (AvgIpc) is 2.54. The molecule has 0 heterocycles. The van der Waals surface area contributed by atoms with E-state index in [1.54, 1.807) is 0 Å². The molecule has 3 nitrogen and oxygen atoms in total. The number of hydrogen-bond donors (Lipinski definition) is 3. The minimum absolute atomic E-state index is 0.913. The molecular weight excluding hydrogens is 322 g/mol. The Morgan fingerprint density at radius 3 is 2.13 bits per heavy atom. The normalized spacial score (nSPS) is 10.7. The lowest BCUT2D eigenvalue weighted by molar-refractivity contribution is 0.327. The van der Waals surface area contributed by atoms with Crippen LogP contribution in [0.3, 0.4) is 0 Å². The van der Waals surface area contributed by atoms with Crippen LogP contribution in [0.4, 0.5) is 0 Å². The van der Waals surface area contributed by atoms with E-state index in [4.69, 9.17) is 0 Å². The number of likely N-dealkylation sites (N-methyl/N-ethyl adjacent to an activating group) is 1. The lowest BCUT2D eigenvalue weighted by atomic mass is 10.2. The van der Waals surface area contributed by atoms with Crippen LogP contribution in [0.2, 0.25) is 0 Å². The summed E-state index contributed by atoms with van der Waals surface area (Å²) in [6.45, 7) is 8.65. The molecule has 0 unspecified atom stereocenters. The van der Waals surface area contributed by atoms with Gasteiger partial charge in [-0.05, 0) is 32.6 Å². The third-order valence-electron chi connectivity index (χ3n) is 3.34. The fraction of sp³-hybridized carbons (Fsp3) is 0.667. The summed E-state index contributed by atoms with van der Waals surface area (Å²) in [6, 6.07) is 10.6. The van der Waals surface area contributed by atoms with Gasteiger partial charge in [0.2, 0.25) is 0 Å². The van der Waals surface area contributed by atoms with Crippen LogP contribution in [-0.2, 0) is 6.54 Å². The zero-order valence-corrected chi connectivity index (χ0v) is 16.8.